The Balaban J connectivity index is 3.49. The molecule has 1 aromatic rings. The van der Waals surface area contributed by atoms with Crippen LogP contribution in [-0.2, 0) is 12.0 Å². The first kappa shape index (κ1) is 12.8. The number of benzene rings is 1. The molecular weight excluding hydrogens is 204 g/mol. The monoisotopic (exact) mass is 224 g/mol. The van der Waals surface area contributed by atoms with Gasteiger partial charge in [-0.05, 0) is 31.9 Å². The smallest absolute Gasteiger partial charge is 0.167 e. The highest BCUT2D eigenvalue weighted by atomic mass is 16.5. The number of methoxy groups -OCH3 is 2. The highest BCUT2D eigenvalue weighted by molar-refractivity contribution is 5.53. The molecule has 3 nitrogen and oxygen atoms in total. The molecule has 1 rings (SSSR count). The first-order chi connectivity index (χ1) is 7.45. The number of ether oxygens (including phenoxy) is 2. The van der Waals surface area contributed by atoms with Crippen LogP contribution in [0.2, 0.25) is 0 Å². The van der Waals surface area contributed by atoms with E-state index in [0.29, 0.717) is 11.5 Å². The first-order valence-corrected chi connectivity index (χ1v) is 5.42. The van der Waals surface area contributed by atoms with Gasteiger partial charge < -0.3 is 14.6 Å². The van der Waals surface area contributed by atoms with E-state index in [1.54, 1.807) is 28.1 Å². The molecule has 1 N–H and O–H groups in total. The summed E-state index contributed by atoms with van der Waals surface area (Å²) in [6.45, 7) is 5.56. The van der Waals surface area contributed by atoms with E-state index in [4.69, 9.17) is 9.47 Å². The Morgan fingerprint density at radius 3 is 2.19 bits per heavy atom. The number of rotatable bonds is 4. The summed E-state index contributed by atoms with van der Waals surface area (Å²) in [5.41, 5.74) is 0.938. The van der Waals surface area contributed by atoms with Crippen LogP contribution >= 0.6 is 0 Å². The minimum Gasteiger partial charge on any atom is -0.493 e. The van der Waals surface area contributed by atoms with Gasteiger partial charge >= 0.3 is 0 Å². The molecule has 0 saturated heterocycles. The summed E-state index contributed by atoms with van der Waals surface area (Å²) in [7, 11) is 3.18. The lowest BCUT2D eigenvalue weighted by atomic mass is 9.90. The Hall–Kier alpha value is -1.22. The van der Waals surface area contributed by atoms with E-state index < -0.39 is 5.60 Å². The molecule has 16 heavy (non-hydrogen) atoms. The van der Waals surface area contributed by atoms with Crippen LogP contribution in [0.15, 0.2) is 12.1 Å². The van der Waals surface area contributed by atoms with Crippen LogP contribution < -0.4 is 9.47 Å². The second-order valence-electron chi connectivity index (χ2n) is 4.25. The minimum atomic E-state index is -0.939. The summed E-state index contributed by atoms with van der Waals surface area (Å²) in [4.78, 5) is 0. The molecule has 1 aromatic carbocycles. The highest BCUT2D eigenvalue weighted by Gasteiger charge is 2.26. The van der Waals surface area contributed by atoms with Gasteiger partial charge in [-0.3, -0.25) is 0 Å². The van der Waals surface area contributed by atoms with Gasteiger partial charge in [0.15, 0.2) is 11.5 Å². The van der Waals surface area contributed by atoms with Crippen LogP contribution in [0.25, 0.3) is 0 Å². The van der Waals surface area contributed by atoms with E-state index in [-0.39, 0.29) is 0 Å². The number of aryl methyl sites for hydroxylation is 1. The van der Waals surface area contributed by atoms with Gasteiger partial charge in [-0.15, -0.1) is 0 Å². The largest absolute Gasteiger partial charge is 0.493 e. The summed E-state index contributed by atoms with van der Waals surface area (Å²) in [6, 6.07) is 3.83. The lowest BCUT2D eigenvalue weighted by molar-refractivity contribution is 0.0741. The predicted octanol–water partition coefficient (Wildman–Crippen LogP) is 2.49. The van der Waals surface area contributed by atoms with Crippen molar-refractivity contribution < 1.29 is 14.6 Å². The molecule has 0 saturated carbocycles. The fraction of sp³-hybridized carbons (Fsp3) is 0.538. The lowest BCUT2D eigenvalue weighted by Crippen LogP contribution is -2.19. The van der Waals surface area contributed by atoms with Crippen molar-refractivity contribution in [2.24, 2.45) is 0 Å². The van der Waals surface area contributed by atoms with Crippen LogP contribution in [0.5, 0.6) is 11.5 Å². The third-order valence-corrected chi connectivity index (χ3v) is 2.62. The van der Waals surface area contributed by atoms with Gasteiger partial charge in [-0.2, -0.15) is 0 Å². The van der Waals surface area contributed by atoms with Gasteiger partial charge in [0, 0.05) is 5.56 Å². The molecule has 0 unspecified atom stereocenters. The fourth-order valence-electron chi connectivity index (χ4n) is 1.93. The zero-order chi connectivity index (χ0) is 12.3. The van der Waals surface area contributed by atoms with Crippen molar-refractivity contribution in [3.63, 3.8) is 0 Å². The molecule has 0 aliphatic carbocycles. The van der Waals surface area contributed by atoms with Gasteiger partial charge in [0.1, 0.15) is 0 Å². The van der Waals surface area contributed by atoms with Crippen LogP contribution in [0.4, 0.5) is 0 Å². The Bertz CT molecular complexity index is 364. The lowest BCUT2D eigenvalue weighted by Gasteiger charge is -2.25. The quantitative estimate of drug-likeness (QED) is 0.854. The van der Waals surface area contributed by atoms with Crippen LogP contribution in [-0.4, -0.2) is 19.3 Å². The normalized spacial score (nSPS) is 11.4. The number of hydrogen-bond donors (Lipinski definition) is 1. The molecular formula is C13H20O3. The summed E-state index contributed by atoms with van der Waals surface area (Å²) >= 11 is 0. The molecule has 0 amide bonds. The fourth-order valence-corrected chi connectivity index (χ4v) is 1.93. The van der Waals surface area contributed by atoms with Crippen molar-refractivity contribution in [3.8, 4) is 11.5 Å². The molecule has 0 fully saturated rings. The zero-order valence-electron chi connectivity index (χ0n) is 10.6. The van der Waals surface area contributed by atoms with E-state index in [1.165, 1.54) is 0 Å². The van der Waals surface area contributed by atoms with Crippen molar-refractivity contribution in [1.29, 1.82) is 0 Å². The summed E-state index contributed by atoms with van der Waals surface area (Å²) in [5, 5.41) is 10.2. The minimum absolute atomic E-state index is 0.620. The first-order valence-electron chi connectivity index (χ1n) is 5.42. The van der Waals surface area contributed by atoms with Crippen LogP contribution in [0.3, 0.4) is 0 Å². The highest BCUT2D eigenvalue weighted by Crippen LogP contribution is 2.39. The standard InChI is InChI=1S/C13H20O3/c1-6-9-7-8-10(15-4)12(16-5)11(9)13(2,3)14/h7-8,14H,6H2,1-5H3. The second kappa shape index (κ2) is 4.74. The van der Waals surface area contributed by atoms with Gasteiger partial charge in [-0.1, -0.05) is 13.0 Å². The molecule has 0 aromatic heterocycles. The van der Waals surface area contributed by atoms with E-state index in [9.17, 15) is 5.11 Å². The van der Waals surface area contributed by atoms with Gasteiger partial charge in [-0.25, -0.2) is 0 Å². The number of hydrogen-bond acceptors (Lipinski definition) is 3. The molecule has 3 heteroatoms. The topological polar surface area (TPSA) is 38.7 Å². The van der Waals surface area contributed by atoms with Crippen molar-refractivity contribution in [2.75, 3.05) is 14.2 Å². The summed E-state index contributed by atoms with van der Waals surface area (Å²) in [6.07, 6.45) is 0.847. The van der Waals surface area contributed by atoms with Gasteiger partial charge in [0.2, 0.25) is 0 Å². The van der Waals surface area contributed by atoms with Crippen molar-refractivity contribution in [2.45, 2.75) is 32.8 Å². The van der Waals surface area contributed by atoms with E-state index >= 15 is 0 Å². The third-order valence-electron chi connectivity index (χ3n) is 2.62. The van der Waals surface area contributed by atoms with E-state index in [2.05, 4.69) is 6.92 Å². The molecule has 0 aliphatic heterocycles. The van der Waals surface area contributed by atoms with Crippen molar-refractivity contribution in [3.05, 3.63) is 23.3 Å². The maximum absolute atomic E-state index is 10.2. The van der Waals surface area contributed by atoms with Crippen molar-refractivity contribution >= 4 is 0 Å². The summed E-state index contributed by atoms with van der Waals surface area (Å²) in [5.74, 6) is 1.27. The summed E-state index contributed by atoms with van der Waals surface area (Å²) < 4.78 is 10.6. The SMILES string of the molecule is CCc1ccc(OC)c(OC)c1C(C)(C)O. The predicted molar refractivity (Wildman–Crippen MR) is 64.2 cm³/mol. The van der Waals surface area contributed by atoms with Gasteiger partial charge in [0.05, 0.1) is 19.8 Å². The average molecular weight is 224 g/mol. The van der Waals surface area contributed by atoms with Crippen LogP contribution in [0.1, 0.15) is 31.9 Å². The molecule has 90 valence electrons. The van der Waals surface area contributed by atoms with E-state index in [1.807, 2.05) is 12.1 Å². The molecule has 0 heterocycles. The molecule has 0 bridgehead atoms. The molecule has 0 spiro atoms. The van der Waals surface area contributed by atoms with Crippen molar-refractivity contribution in [1.82, 2.24) is 0 Å². The van der Waals surface area contributed by atoms with Crippen LogP contribution in [0, 0.1) is 0 Å². The second-order valence-corrected chi connectivity index (χ2v) is 4.25. The van der Waals surface area contributed by atoms with Gasteiger partial charge in [0.25, 0.3) is 0 Å². The zero-order valence-corrected chi connectivity index (χ0v) is 10.6. The maximum atomic E-state index is 10.2. The van der Waals surface area contributed by atoms with E-state index in [0.717, 1.165) is 17.5 Å². The Kier molecular flexibility index (Phi) is 3.81. The Morgan fingerprint density at radius 1 is 1.19 bits per heavy atom. The molecule has 0 radical (unpaired) electrons. The third kappa shape index (κ3) is 2.30. The Morgan fingerprint density at radius 2 is 1.81 bits per heavy atom. The maximum Gasteiger partial charge on any atom is 0.167 e. The average Bonchev–Trinajstić information content (AvgIpc) is 2.25. The molecule has 0 atom stereocenters. The Labute approximate surface area is 97.0 Å². The number of aliphatic hydroxyl groups is 1. The molecule has 0 aliphatic rings.